The molecule has 0 bridgehead atoms. The number of ketones is 2. The zero-order chi connectivity index (χ0) is 30.0. The summed E-state index contributed by atoms with van der Waals surface area (Å²) in [5, 5.41) is 81.9. The molecule has 2 heterocycles. The van der Waals surface area contributed by atoms with Gasteiger partial charge in [-0.05, 0) is 47.5 Å². The van der Waals surface area contributed by atoms with Crippen molar-refractivity contribution in [3.05, 3.63) is 82.3 Å². The number of phenols is 8. The Kier molecular flexibility index (Phi) is 5.64. The van der Waals surface area contributed by atoms with Crippen molar-refractivity contribution in [3.63, 3.8) is 0 Å². The average molecular weight is 570 g/mol. The molecule has 0 saturated carbocycles. The molecule has 0 aliphatic carbocycles. The maximum absolute atomic E-state index is 13.2. The van der Waals surface area contributed by atoms with Gasteiger partial charge < -0.3 is 50.3 Å². The number of rotatable bonds is 3. The standard InChI is InChI=1S/C30H18O12/c31-13-8-17(34)25-20(9-13)41-23(28(25)38)7-12-3-14(27(37)19(36)5-12)24-18(35)10-21-26(30(24)40)29(39)22(42-21)6-11-1-2-15(32)16(33)4-11/h1-10,31-37,40H/b22-6-,23-7-. The topological polar surface area (TPSA) is 214 Å². The van der Waals surface area contributed by atoms with Crippen molar-refractivity contribution in [2.75, 3.05) is 0 Å². The van der Waals surface area contributed by atoms with E-state index in [4.69, 9.17) is 9.47 Å². The van der Waals surface area contributed by atoms with Gasteiger partial charge in [0.15, 0.2) is 34.5 Å². The molecule has 0 fully saturated rings. The van der Waals surface area contributed by atoms with E-state index in [0.29, 0.717) is 0 Å². The lowest BCUT2D eigenvalue weighted by atomic mass is 9.95. The fourth-order valence-electron chi connectivity index (χ4n) is 4.71. The van der Waals surface area contributed by atoms with Crippen LogP contribution in [0.4, 0.5) is 0 Å². The number of fused-ring (bicyclic) bond motifs is 2. The summed E-state index contributed by atoms with van der Waals surface area (Å²) in [5.74, 6) is -7.00. The van der Waals surface area contributed by atoms with Gasteiger partial charge in [0.2, 0.25) is 11.6 Å². The zero-order valence-corrected chi connectivity index (χ0v) is 21.0. The Hall–Kier alpha value is -6.30. The van der Waals surface area contributed by atoms with Gasteiger partial charge in [0.1, 0.15) is 45.6 Å². The fourth-order valence-corrected chi connectivity index (χ4v) is 4.71. The Morgan fingerprint density at radius 2 is 1.10 bits per heavy atom. The minimum Gasteiger partial charge on any atom is -0.508 e. The van der Waals surface area contributed by atoms with Crippen LogP contribution in [0.2, 0.25) is 0 Å². The highest BCUT2D eigenvalue weighted by molar-refractivity contribution is 6.18. The second kappa shape index (κ2) is 9.13. The molecule has 0 saturated heterocycles. The van der Waals surface area contributed by atoms with Crippen LogP contribution in [-0.4, -0.2) is 52.4 Å². The number of phenolic OH excluding ortho intramolecular Hbond substituents is 8. The van der Waals surface area contributed by atoms with Crippen LogP contribution in [0, 0.1) is 0 Å². The molecule has 210 valence electrons. The summed E-state index contributed by atoms with van der Waals surface area (Å²) in [6.45, 7) is 0. The minimum atomic E-state index is -0.802. The third-order valence-electron chi connectivity index (χ3n) is 6.63. The third kappa shape index (κ3) is 4.02. The molecule has 0 unspecified atom stereocenters. The van der Waals surface area contributed by atoms with E-state index < -0.39 is 51.6 Å². The quantitative estimate of drug-likeness (QED) is 0.128. The van der Waals surface area contributed by atoms with Crippen molar-refractivity contribution < 1.29 is 59.9 Å². The molecule has 4 aromatic rings. The summed E-state index contributed by atoms with van der Waals surface area (Å²) in [6.07, 6.45) is 2.40. The first kappa shape index (κ1) is 26.0. The molecule has 4 aromatic carbocycles. The number of hydrogen-bond donors (Lipinski definition) is 8. The van der Waals surface area contributed by atoms with Gasteiger partial charge in [0, 0.05) is 23.8 Å². The highest BCUT2D eigenvalue weighted by atomic mass is 16.5. The summed E-state index contributed by atoms with van der Waals surface area (Å²) < 4.78 is 11.0. The van der Waals surface area contributed by atoms with E-state index in [1.807, 2.05) is 0 Å². The molecule has 12 nitrogen and oxygen atoms in total. The van der Waals surface area contributed by atoms with Crippen LogP contribution in [0.15, 0.2) is 60.0 Å². The third-order valence-corrected chi connectivity index (χ3v) is 6.63. The van der Waals surface area contributed by atoms with Crippen molar-refractivity contribution in [2.45, 2.75) is 0 Å². The number of allylic oxidation sites excluding steroid dienone is 2. The Balaban J connectivity index is 1.41. The zero-order valence-electron chi connectivity index (χ0n) is 21.0. The lowest BCUT2D eigenvalue weighted by Crippen LogP contribution is -1.99. The van der Waals surface area contributed by atoms with Gasteiger partial charge in [-0.2, -0.15) is 0 Å². The molecule has 6 rings (SSSR count). The van der Waals surface area contributed by atoms with Crippen LogP contribution in [0.1, 0.15) is 31.8 Å². The summed E-state index contributed by atoms with van der Waals surface area (Å²) in [5.41, 5.74) is -0.984. The van der Waals surface area contributed by atoms with Gasteiger partial charge in [-0.15, -0.1) is 0 Å². The average Bonchev–Trinajstić information content (AvgIpc) is 3.39. The Labute approximate surface area is 234 Å². The SMILES string of the molecule is O=C1/C(=C/c2cc(O)c(O)c(-c3c(O)cc4c(c3O)C(=O)/C(=C/c3ccc(O)c(O)c3)O4)c2)Oc2cc(O)cc(O)c21. The van der Waals surface area contributed by atoms with E-state index in [-0.39, 0.29) is 62.3 Å². The first-order valence-electron chi connectivity index (χ1n) is 12.0. The maximum atomic E-state index is 13.2. The summed E-state index contributed by atoms with van der Waals surface area (Å²) in [7, 11) is 0. The molecule has 12 heteroatoms. The molecule has 0 amide bonds. The summed E-state index contributed by atoms with van der Waals surface area (Å²) >= 11 is 0. The Morgan fingerprint density at radius 3 is 1.79 bits per heavy atom. The first-order chi connectivity index (χ1) is 19.9. The smallest absolute Gasteiger partial charge is 0.235 e. The second-order valence-corrected chi connectivity index (χ2v) is 9.39. The predicted octanol–water partition coefficient (Wildman–Crippen LogP) is 4.23. The predicted molar refractivity (Wildman–Crippen MR) is 144 cm³/mol. The second-order valence-electron chi connectivity index (χ2n) is 9.39. The van der Waals surface area contributed by atoms with Crippen molar-refractivity contribution >= 4 is 23.7 Å². The highest BCUT2D eigenvalue weighted by Crippen LogP contribution is 2.52. The molecule has 0 atom stereocenters. The fraction of sp³-hybridized carbons (Fsp3) is 0. The van der Waals surface area contributed by atoms with Gasteiger partial charge in [-0.25, -0.2) is 0 Å². The van der Waals surface area contributed by atoms with Gasteiger partial charge >= 0.3 is 0 Å². The van der Waals surface area contributed by atoms with Crippen LogP contribution in [0.5, 0.6) is 57.5 Å². The lowest BCUT2D eigenvalue weighted by Gasteiger charge is -2.13. The number of ether oxygens (including phenoxy) is 2. The van der Waals surface area contributed by atoms with Crippen LogP contribution in [0.3, 0.4) is 0 Å². The van der Waals surface area contributed by atoms with Gasteiger partial charge in [-0.1, -0.05) is 6.07 Å². The molecule has 42 heavy (non-hydrogen) atoms. The van der Waals surface area contributed by atoms with Crippen molar-refractivity contribution in [2.24, 2.45) is 0 Å². The largest absolute Gasteiger partial charge is 0.508 e. The van der Waals surface area contributed by atoms with E-state index in [1.165, 1.54) is 30.3 Å². The number of hydrogen-bond acceptors (Lipinski definition) is 12. The maximum Gasteiger partial charge on any atom is 0.235 e. The minimum absolute atomic E-state index is 0.0507. The van der Waals surface area contributed by atoms with Gasteiger partial charge in [0.25, 0.3) is 0 Å². The molecule has 8 N–H and O–H groups in total. The van der Waals surface area contributed by atoms with Crippen molar-refractivity contribution in [3.8, 4) is 68.6 Å². The molecule has 0 spiro atoms. The summed E-state index contributed by atoms with van der Waals surface area (Å²) in [6, 6.07) is 9.13. The molecular formula is C30H18O12. The first-order valence-corrected chi connectivity index (χ1v) is 12.0. The highest BCUT2D eigenvalue weighted by Gasteiger charge is 2.35. The van der Waals surface area contributed by atoms with Gasteiger partial charge in [-0.3, -0.25) is 9.59 Å². The van der Waals surface area contributed by atoms with Crippen LogP contribution in [0.25, 0.3) is 23.3 Å². The van der Waals surface area contributed by atoms with Crippen molar-refractivity contribution in [1.82, 2.24) is 0 Å². The number of carbonyl (C=O) groups is 2. The van der Waals surface area contributed by atoms with Crippen molar-refractivity contribution in [1.29, 1.82) is 0 Å². The molecule has 2 aliphatic heterocycles. The van der Waals surface area contributed by atoms with E-state index in [2.05, 4.69) is 0 Å². The van der Waals surface area contributed by atoms with Crippen LogP contribution >= 0.6 is 0 Å². The Morgan fingerprint density at radius 1 is 0.500 bits per heavy atom. The van der Waals surface area contributed by atoms with Crippen LogP contribution < -0.4 is 9.47 Å². The molecule has 2 aliphatic rings. The van der Waals surface area contributed by atoms with E-state index in [9.17, 15) is 50.4 Å². The monoisotopic (exact) mass is 570 g/mol. The molecular weight excluding hydrogens is 552 g/mol. The summed E-state index contributed by atoms with van der Waals surface area (Å²) in [4.78, 5) is 26.0. The van der Waals surface area contributed by atoms with Gasteiger partial charge in [0.05, 0.1) is 5.56 Å². The number of carbonyl (C=O) groups excluding carboxylic acids is 2. The Bertz CT molecular complexity index is 1950. The van der Waals surface area contributed by atoms with E-state index in [0.717, 1.165) is 30.3 Å². The molecule has 0 aromatic heterocycles. The van der Waals surface area contributed by atoms with Crippen LogP contribution in [-0.2, 0) is 0 Å². The van der Waals surface area contributed by atoms with E-state index in [1.54, 1.807) is 0 Å². The number of Topliss-reactive ketones (excluding diaryl/α,β-unsaturated/α-hetero) is 2. The number of benzene rings is 4. The lowest BCUT2D eigenvalue weighted by molar-refractivity contribution is 0.100. The number of aromatic hydroxyl groups is 8. The normalized spacial score (nSPS) is 15.5. The molecule has 0 radical (unpaired) electrons. The van der Waals surface area contributed by atoms with E-state index >= 15 is 0 Å².